The Labute approximate surface area is 116 Å². The minimum atomic E-state index is -0.502. The molecule has 2 aromatic rings. The third kappa shape index (κ3) is 3.80. The molecule has 2 rings (SSSR count). The van der Waals surface area contributed by atoms with Crippen LogP contribution in [0.3, 0.4) is 0 Å². The number of aryl methyl sites for hydroxylation is 1. The van der Waals surface area contributed by atoms with Crippen LogP contribution >= 0.6 is 11.6 Å². The maximum absolute atomic E-state index is 13.0. The van der Waals surface area contributed by atoms with E-state index in [1.807, 2.05) is 31.2 Å². The Morgan fingerprint density at radius 1 is 1.21 bits per heavy atom. The van der Waals surface area contributed by atoms with E-state index in [2.05, 4.69) is 5.32 Å². The van der Waals surface area contributed by atoms with Crippen LogP contribution in [-0.2, 0) is 11.2 Å². The maximum atomic E-state index is 13.0. The van der Waals surface area contributed by atoms with Crippen LogP contribution in [0.25, 0.3) is 0 Å². The minimum Gasteiger partial charge on any atom is -0.326 e. The number of amides is 1. The standard InChI is InChI=1S/C15H13ClFNO/c1-10-2-4-11(5-3-10)8-15(19)18-12-6-7-14(17)13(16)9-12/h2-7,9H,8H2,1H3,(H,18,19). The lowest BCUT2D eigenvalue weighted by atomic mass is 10.1. The van der Waals surface area contributed by atoms with Crippen molar-refractivity contribution in [3.05, 3.63) is 64.4 Å². The van der Waals surface area contributed by atoms with E-state index in [1.165, 1.54) is 18.2 Å². The molecule has 0 aliphatic rings. The highest BCUT2D eigenvalue weighted by molar-refractivity contribution is 6.31. The summed E-state index contributed by atoms with van der Waals surface area (Å²) < 4.78 is 13.0. The number of rotatable bonds is 3. The molecule has 0 atom stereocenters. The summed E-state index contributed by atoms with van der Waals surface area (Å²) in [5.41, 5.74) is 2.56. The number of nitrogens with one attached hydrogen (secondary N) is 1. The number of benzene rings is 2. The predicted molar refractivity (Wildman–Crippen MR) is 74.9 cm³/mol. The lowest BCUT2D eigenvalue weighted by Gasteiger charge is -2.06. The number of halogens is 2. The summed E-state index contributed by atoms with van der Waals surface area (Å²) in [4.78, 5) is 11.8. The van der Waals surface area contributed by atoms with Crippen molar-refractivity contribution >= 4 is 23.2 Å². The molecule has 1 N–H and O–H groups in total. The van der Waals surface area contributed by atoms with Crippen molar-refractivity contribution in [2.24, 2.45) is 0 Å². The largest absolute Gasteiger partial charge is 0.326 e. The van der Waals surface area contributed by atoms with E-state index >= 15 is 0 Å². The molecule has 1 amide bonds. The molecule has 98 valence electrons. The molecule has 0 aliphatic carbocycles. The molecule has 0 saturated heterocycles. The smallest absolute Gasteiger partial charge is 0.228 e. The van der Waals surface area contributed by atoms with Crippen LogP contribution in [0.2, 0.25) is 5.02 Å². The molecular formula is C15H13ClFNO. The lowest BCUT2D eigenvalue weighted by molar-refractivity contribution is -0.115. The highest BCUT2D eigenvalue weighted by atomic mass is 35.5. The van der Waals surface area contributed by atoms with Gasteiger partial charge in [-0.15, -0.1) is 0 Å². The Morgan fingerprint density at radius 3 is 2.53 bits per heavy atom. The molecule has 2 nitrogen and oxygen atoms in total. The van der Waals surface area contributed by atoms with Gasteiger partial charge in [0.25, 0.3) is 0 Å². The number of hydrogen-bond donors (Lipinski definition) is 1. The van der Waals surface area contributed by atoms with Gasteiger partial charge >= 0.3 is 0 Å². The fourth-order valence-corrected chi connectivity index (χ4v) is 1.85. The van der Waals surface area contributed by atoms with E-state index in [4.69, 9.17) is 11.6 Å². The summed E-state index contributed by atoms with van der Waals surface area (Å²) in [6, 6.07) is 11.8. The molecule has 0 unspecified atom stereocenters. The number of hydrogen-bond acceptors (Lipinski definition) is 1. The average molecular weight is 278 g/mol. The summed E-state index contributed by atoms with van der Waals surface area (Å²) in [7, 11) is 0. The third-order valence-corrected chi connectivity index (χ3v) is 2.98. The summed E-state index contributed by atoms with van der Waals surface area (Å²) >= 11 is 5.65. The molecule has 0 heterocycles. The zero-order valence-electron chi connectivity index (χ0n) is 10.4. The Bertz CT molecular complexity index is 596. The minimum absolute atomic E-state index is 0.00636. The zero-order chi connectivity index (χ0) is 13.8. The topological polar surface area (TPSA) is 29.1 Å². The summed E-state index contributed by atoms with van der Waals surface area (Å²) in [6.45, 7) is 1.99. The van der Waals surface area contributed by atoms with Crippen molar-refractivity contribution in [3.8, 4) is 0 Å². The van der Waals surface area contributed by atoms with Crippen LogP contribution in [0.4, 0.5) is 10.1 Å². The van der Waals surface area contributed by atoms with Gasteiger partial charge < -0.3 is 5.32 Å². The van der Waals surface area contributed by atoms with Gasteiger partial charge in [-0.1, -0.05) is 41.4 Å². The first-order valence-electron chi connectivity index (χ1n) is 5.85. The van der Waals surface area contributed by atoms with Gasteiger partial charge in [0.1, 0.15) is 5.82 Å². The Morgan fingerprint density at radius 2 is 1.89 bits per heavy atom. The Hall–Kier alpha value is -1.87. The van der Waals surface area contributed by atoms with E-state index in [0.29, 0.717) is 5.69 Å². The van der Waals surface area contributed by atoms with Crippen LogP contribution < -0.4 is 5.32 Å². The SMILES string of the molecule is Cc1ccc(CC(=O)Nc2ccc(F)c(Cl)c2)cc1. The molecule has 0 aromatic heterocycles. The summed E-state index contributed by atoms with van der Waals surface area (Å²) in [5, 5.41) is 2.68. The number of anilines is 1. The predicted octanol–water partition coefficient (Wildman–Crippen LogP) is 3.97. The Balaban J connectivity index is 2.01. The number of carbonyl (C=O) groups excluding carboxylic acids is 1. The van der Waals surface area contributed by atoms with Crippen molar-refractivity contribution < 1.29 is 9.18 Å². The maximum Gasteiger partial charge on any atom is 0.228 e. The van der Waals surface area contributed by atoms with Crippen LogP contribution in [0, 0.1) is 12.7 Å². The fourth-order valence-electron chi connectivity index (χ4n) is 1.67. The first-order chi connectivity index (χ1) is 9.04. The van der Waals surface area contributed by atoms with E-state index in [1.54, 1.807) is 0 Å². The second-order valence-corrected chi connectivity index (χ2v) is 4.75. The summed E-state index contributed by atoms with van der Waals surface area (Å²) in [6.07, 6.45) is 0.273. The van der Waals surface area contributed by atoms with Gasteiger partial charge in [0.15, 0.2) is 0 Å². The van der Waals surface area contributed by atoms with Crippen LogP contribution in [-0.4, -0.2) is 5.91 Å². The van der Waals surface area contributed by atoms with Gasteiger partial charge in [-0.3, -0.25) is 4.79 Å². The van der Waals surface area contributed by atoms with E-state index < -0.39 is 5.82 Å². The van der Waals surface area contributed by atoms with E-state index in [0.717, 1.165) is 11.1 Å². The highest BCUT2D eigenvalue weighted by Crippen LogP contribution is 2.19. The molecule has 2 aromatic carbocycles. The van der Waals surface area contributed by atoms with Crippen molar-refractivity contribution in [1.82, 2.24) is 0 Å². The summed E-state index contributed by atoms with van der Waals surface area (Å²) in [5.74, 6) is -0.662. The molecule has 0 spiro atoms. The van der Waals surface area contributed by atoms with Crippen molar-refractivity contribution in [3.63, 3.8) is 0 Å². The molecule has 4 heteroatoms. The lowest BCUT2D eigenvalue weighted by Crippen LogP contribution is -2.14. The van der Waals surface area contributed by atoms with E-state index in [9.17, 15) is 9.18 Å². The van der Waals surface area contributed by atoms with Crippen molar-refractivity contribution in [1.29, 1.82) is 0 Å². The van der Waals surface area contributed by atoms with Crippen LogP contribution in [0.5, 0.6) is 0 Å². The average Bonchev–Trinajstić information content (AvgIpc) is 2.37. The monoisotopic (exact) mass is 277 g/mol. The molecular weight excluding hydrogens is 265 g/mol. The van der Waals surface area contributed by atoms with Crippen molar-refractivity contribution in [2.45, 2.75) is 13.3 Å². The molecule has 19 heavy (non-hydrogen) atoms. The second-order valence-electron chi connectivity index (χ2n) is 4.34. The first kappa shape index (κ1) is 13.6. The van der Waals surface area contributed by atoms with Gasteiger partial charge in [0, 0.05) is 5.69 Å². The van der Waals surface area contributed by atoms with Crippen LogP contribution in [0.1, 0.15) is 11.1 Å². The highest BCUT2D eigenvalue weighted by Gasteiger charge is 2.06. The first-order valence-corrected chi connectivity index (χ1v) is 6.23. The van der Waals surface area contributed by atoms with Gasteiger partial charge in [-0.2, -0.15) is 0 Å². The molecule has 0 radical (unpaired) electrons. The van der Waals surface area contributed by atoms with Crippen LogP contribution in [0.15, 0.2) is 42.5 Å². The third-order valence-electron chi connectivity index (χ3n) is 2.69. The molecule has 0 fully saturated rings. The quantitative estimate of drug-likeness (QED) is 0.904. The van der Waals surface area contributed by atoms with Gasteiger partial charge in [0.05, 0.1) is 11.4 Å². The normalized spacial score (nSPS) is 10.3. The van der Waals surface area contributed by atoms with Crippen molar-refractivity contribution in [2.75, 3.05) is 5.32 Å². The molecule has 0 saturated carbocycles. The molecule has 0 bridgehead atoms. The Kier molecular flexibility index (Phi) is 4.17. The van der Waals surface area contributed by atoms with Gasteiger partial charge in [-0.25, -0.2) is 4.39 Å². The zero-order valence-corrected chi connectivity index (χ0v) is 11.2. The van der Waals surface area contributed by atoms with E-state index in [-0.39, 0.29) is 17.4 Å². The van der Waals surface area contributed by atoms with Gasteiger partial charge in [0.2, 0.25) is 5.91 Å². The number of carbonyl (C=O) groups is 1. The second kappa shape index (κ2) is 5.85. The fraction of sp³-hybridized carbons (Fsp3) is 0.133. The molecule has 0 aliphatic heterocycles. The van der Waals surface area contributed by atoms with Gasteiger partial charge in [-0.05, 0) is 30.7 Å².